The van der Waals surface area contributed by atoms with E-state index in [4.69, 9.17) is 20.6 Å². The molecule has 1 aromatic heterocycles. The Hall–Kier alpha value is -3.27. The fraction of sp³-hybridized carbons (Fsp3) is 0.435. The highest BCUT2D eigenvalue weighted by Crippen LogP contribution is 2.40. The summed E-state index contributed by atoms with van der Waals surface area (Å²) in [7, 11) is 0. The number of allylic oxidation sites excluding steroid dienone is 2. The van der Waals surface area contributed by atoms with E-state index in [0.29, 0.717) is 42.3 Å². The number of hydrogen-bond acceptors (Lipinski definition) is 7. The molecule has 0 bridgehead atoms. The van der Waals surface area contributed by atoms with Crippen LogP contribution in [0.15, 0.2) is 40.0 Å². The number of ether oxygens (including phenoxy) is 1. The van der Waals surface area contributed by atoms with E-state index in [9.17, 15) is 13.6 Å². The average molecular weight is 462 g/mol. The minimum atomic E-state index is -0.920. The number of carbonyl (C=O) groups excluding carboxylic acids is 1. The van der Waals surface area contributed by atoms with E-state index in [1.165, 1.54) is 12.1 Å². The first kappa shape index (κ1) is 24.4. The summed E-state index contributed by atoms with van der Waals surface area (Å²) in [4.78, 5) is 12.4. The minimum Gasteiger partial charge on any atom is -0.424 e. The quantitative estimate of drug-likeness (QED) is 0.551. The van der Waals surface area contributed by atoms with Crippen LogP contribution in [0.2, 0.25) is 0 Å². The van der Waals surface area contributed by atoms with Crippen LogP contribution in [0.25, 0.3) is 5.70 Å². The van der Waals surface area contributed by atoms with Crippen LogP contribution < -0.4 is 16.8 Å². The highest BCUT2D eigenvalue weighted by molar-refractivity contribution is 5.77. The SMILES string of the molecule is Cc1nnc(CNC(=O)CO[C@@]2(C(C)C)CCCC(/C=C(\N)c3c(F)cccc3F)=C2N)o1. The van der Waals surface area contributed by atoms with E-state index in [-0.39, 0.29) is 36.2 Å². The van der Waals surface area contributed by atoms with E-state index in [0.717, 1.165) is 12.1 Å². The van der Waals surface area contributed by atoms with Gasteiger partial charge in [-0.2, -0.15) is 0 Å². The zero-order valence-electron chi connectivity index (χ0n) is 19.0. The van der Waals surface area contributed by atoms with Crippen molar-refractivity contribution >= 4 is 11.6 Å². The van der Waals surface area contributed by atoms with Gasteiger partial charge in [0.05, 0.1) is 12.1 Å². The first-order chi connectivity index (χ1) is 15.6. The summed E-state index contributed by atoms with van der Waals surface area (Å²) in [5.41, 5.74) is 12.3. The van der Waals surface area contributed by atoms with Gasteiger partial charge in [0, 0.05) is 18.3 Å². The fourth-order valence-electron chi connectivity index (χ4n) is 4.01. The largest absolute Gasteiger partial charge is 0.424 e. The van der Waals surface area contributed by atoms with Gasteiger partial charge >= 0.3 is 0 Å². The molecule has 1 atom stereocenters. The van der Waals surface area contributed by atoms with Crippen molar-refractivity contribution in [1.82, 2.24) is 15.5 Å². The summed E-state index contributed by atoms with van der Waals surface area (Å²) in [6.07, 6.45) is 3.37. The molecule has 0 saturated carbocycles. The van der Waals surface area contributed by atoms with Gasteiger partial charge in [-0.25, -0.2) is 8.78 Å². The third-order valence-corrected chi connectivity index (χ3v) is 5.78. The number of halogens is 2. The molecule has 0 unspecified atom stereocenters. The number of aromatic nitrogens is 2. The van der Waals surface area contributed by atoms with E-state index < -0.39 is 17.2 Å². The van der Waals surface area contributed by atoms with Crippen molar-refractivity contribution in [1.29, 1.82) is 0 Å². The molecule has 0 fully saturated rings. The topological polar surface area (TPSA) is 129 Å². The predicted molar refractivity (Wildman–Crippen MR) is 118 cm³/mol. The molecule has 1 aliphatic carbocycles. The monoisotopic (exact) mass is 461 g/mol. The Morgan fingerprint density at radius 1 is 1.33 bits per heavy atom. The Morgan fingerprint density at radius 3 is 2.64 bits per heavy atom. The maximum Gasteiger partial charge on any atom is 0.246 e. The molecule has 1 heterocycles. The number of nitrogens with two attached hydrogens (primary N) is 2. The van der Waals surface area contributed by atoms with Crippen molar-refractivity contribution in [3.05, 3.63) is 64.5 Å². The van der Waals surface area contributed by atoms with Crippen molar-refractivity contribution in [3.8, 4) is 0 Å². The van der Waals surface area contributed by atoms with Crippen LogP contribution in [-0.4, -0.2) is 28.3 Å². The van der Waals surface area contributed by atoms with Crippen molar-refractivity contribution in [2.24, 2.45) is 17.4 Å². The summed E-state index contributed by atoms with van der Waals surface area (Å²) >= 11 is 0. The molecule has 0 radical (unpaired) electrons. The molecule has 3 rings (SSSR count). The van der Waals surface area contributed by atoms with Crippen molar-refractivity contribution in [3.63, 3.8) is 0 Å². The lowest BCUT2D eigenvalue weighted by Crippen LogP contribution is -2.48. The number of amides is 1. The molecule has 0 aliphatic heterocycles. The number of hydrogen-bond donors (Lipinski definition) is 3. The molecule has 1 aromatic carbocycles. The maximum absolute atomic E-state index is 14.1. The lowest BCUT2D eigenvalue weighted by Gasteiger charge is -2.42. The molecule has 33 heavy (non-hydrogen) atoms. The zero-order valence-corrected chi connectivity index (χ0v) is 19.0. The summed E-state index contributed by atoms with van der Waals surface area (Å²) in [6, 6.07) is 3.57. The van der Waals surface area contributed by atoms with Crippen LogP contribution in [-0.2, 0) is 16.1 Å². The third-order valence-electron chi connectivity index (χ3n) is 5.78. The van der Waals surface area contributed by atoms with Gasteiger partial charge in [0.25, 0.3) is 0 Å². The Morgan fingerprint density at radius 2 is 2.03 bits per heavy atom. The van der Waals surface area contributed by atoms with Gasteiger partial charge in [-0.1, -0.05) is 19.9 Å². The Labute approximate surface area is 191 Å². The van der Waals surface area contributed by atoms with Crippen LogP contribution in [0.5, 0.6) is 0 Å². The molecule has 8 nitrogen and oxygen atoms in total. The normalized spacial score (nSPS) is 19.3. The van der Waals surface area contributed by atoms with Gasteiger partial charge in [-0.3, -0.25) is 4.79 Å². The zero-order chi connectivity index (χ0) is 24.2. The second-order valence-electron chi connectivity index (χ2n) is 8.31. The Bertz CT molecular complexity index is 1060. The van der Waals surface area contributed by atoms with E-state index in [1.54, 1.807) is 6.92 Å². The summed E-state index contributed by atoms with van der Waals surface area (Å²) in [5.74, 6) is -1.24. The van der Waals surface area contributed by atoms with Crippen LogP contribution in [0, 0.1) is 24.5 Å². The highest BCUT2D eigenvalue weighted by Gasteiger charge is 2.41. The molecular weight excluding hydrogens is 432 g/mol. The predicted octanol–water partition coefficient (Wildman–Crippen LogP) is 3.08. The number of benzene rings is 1. The summed E-state index contributed by atoms with van der Waals surface area (Å²) < 4.78 is 39.6. The molecule has 178 valence electrons. The Kier molecular flexibility index (Phi) is 7.47. The smallest absolute Gasteiger partial charge is 0.246 e. The second kappa shape index (κ2) is 10.1. The lowest BCUT2D eigenvalue weighted by molar-refractivity contribution is -0.135. The molecular formula is C23H29F2N5O3. The minimum absolute atomic E-state index is 0.0595. The van der Waals surface area contributed by atoms with Gasteiger partial charge in [-0.15, -0.1) is 10.2 Å². The number of aryl methyl sites for hydroxylation is 1. The third kappa shape index (κ3) is 5.39. The van der Waals surface area contributed by atoms with Crippen molar-refractivity contribution < 1.29 is 22.7 Å². The summed E-state index contributed by atoms with van der Waals surface area (Å²) in [6.45, 7) is 5.39. The highest BCUT2D eigenvalue weighted by atomic mass is 19.1. The summed E-state index contributed by atoms with van der Waals surface area (Å²) in [5, 5.41) is 10.2. The second-order valence-corrected chi connectivity index (χ2v) is 8.31. The lowest BCUT2D eigenvalue weighted by atomic mass is 9.75. The van der Waals surface area contributed by atoms with E-state index >= 15 is 0 Å². The molecule has 0 saturated heterocycles. The van der Waals surface area contributed by atoms with E-state index in [2.05, 4.69) is 15.5 Å². The van der Waals surface area contributed by atoms with Gasteiger partial charge in [0.1, 0.15) is 23.8 Å². The van der Waals surface area contributed by atoms with Crippen LogP contribution in [0.3, 0.4) is 0 Å². The molecule has 5 N–H and O–H groups in total. The number of carbonyl (C=O) groups is 1. The molecule has 10 heteroatoms. The number of rotatable bonds is 8. The number of nitrogens with zero attached hydrogens (tertiary/aromatic N) is 2. The van der Waals surface area contributed by atoms with Crippen molar-refractivity contribution in [2.45, 2.75) is 52.2 Å². The molecule has 2 aromatic rings. The van der Waals surface area contributed by atoms with E-state index in [1.807, 2.05) is 13.8 Å². The fourth-order valence-corrected chi connectivity index (χ4v) is 4.01. The van der Waals surface area contributed by atoms with Gasteiger partial charge in [0.2, 0.25) is 17.7 Å². The number of nitrogens with one attached hydrogen (secondary N) is 1. The first-order valence-corrected chi connectivity index (χ1v) is 10.7. The van der Waals surface area contributed by atoms with Crippen LogP contribution in [0.1, 0.15) is 50.5 Å². The maximum atomic E-state index is 14.1. The van der Waals surface area contributed by atoms with Crippen LogP contribution >= 0.6 is 0 Å². The average Bonchev–Trinajstić information content (AvgIpc) is 3.18. The molecule has 1 aliphatic rings. The van der Waals surface area contributed by atoms with Crippen molar-refractivity contribution in [2.75, 3.05) is 6.61 Å². The Balaban J connectivity index is 1.79. The molecule has 1 amide bonds. The standard InChI is InChI=1S/C23H29F2N5O3/c1-13(2)23(32-12-19(31)28-11-20-30-29-14(3)33-20)9-5-6-15(22(23)27)10-18(26)21-16(24)7-4-8-17(21)25/h4,7-8,10,13H,5-6,9,11-12,26-27H2,1-3H3,(H,28,31)/b18-10-/t23-/m1/s1. The van der Waals surface area contributed by atoms with Gasteiger partial charge in [0.15, 0.2) is 0 Å². The van der Waals surface area contributed by atoms with Gasteiger partial charge in [-0.05, 0) is 49.0 Å². The molecule has 0 spiro atoms. The van der Waals surface area contributed by atoms with Crippen LogP contribution in [0.4, 0.5) is 8.78 Å². The first-order valence-electron chi connectivity index (χ1n) is 10.7. The van der Waals surface area contributed by atoms with Gasteiger partial charge < -0.3 is 25.9 Å².